The molecule has 1 saturated carbocycles. The average molecular weight is 289 g/mol. The van der Waals surface area contributed by atoms with Gasteiger partial charge in [-0.05, 0) is 42.9 Å². The molecular formula is C13H17ClO3S. The Bertz CT molecular complexity index is 533. The van der Waals surface area contributed by atoms with Crippen LogP contribution in [0.3, 0.4) is 0 Å². The molecule has 0 radical (unpaired) electrons. The Morgan fingerprint density at radius 2 is 2.00 bits per heavy atom. The van der Waals surface area contributed by atoms with E-state index < -0.39 is 9.05 Å². The van der Waals surface area contributed by atoms with Crippen LogP contribution in [0.2, 0.25) is 0 Å². The smallest absolute Gasteiger partial charge is 0.264 e. The van der Waals surface area contributed by atoms with Crippen LogP contribution in [-0.4, -0.2) is 14.5 Å². The maximum absolute atomic E-state index is 11.6. The second-order valence-corrected chi connectivity index (χ2v) is 7.50. The van der Waals surface area contributed by atoms with Crippen molar-refractivity contribution in [2.75, 3.05) is 0 Å². The summed E-state index contributed by atoms with van der Waals surface area (Å²) in [6.07, 6.45) is 3.23. The van der Waals surface area contributed by atoms with Crippen molar-refractivity contribution in [1.29, 1.82) is 0 Å². The molecule has 1 aromatic carbocycles. The zero-order valence-electron chi connectivity index (χ0n) is 10.5. The van der Waals surface area contributed by atoms with E-state index in [0.717, 1.165) is 24.8 Å². The summed E-state index contributed by atoms with van der Waals surface area (Å²) in [4.78, 5) is 0.0854. The normalized spacial score (nSPS) is 16.7. The van der Waals surface area contributed by atoms with Crippen LogP contribution in [0, 0.1) is 0 Å². The third-order valence-corrected chi connectivity index (χ3v) is 4.59. The van der Waals surface area contributed by atoms with Gasteiger partial charge in [0.05, 0.1) is 6.10 Å². The first-order valence-corrected chi connectivity index (χ1v) is 8.44. The fourth-order valence-corrected chi connectivity index (χ4v) is 2.83. The number of rotatable bonds is 4. The number of hydrogen-bond acceptors (Lipinski definition) is 3. The highest BCUT2D eigenvalue weighted by atomic mass is 35.7. The molecular weight excluding hydrogens is 272 g/mol. The summed E-state index contributed by atoms with van der Waals surface area (Å²) in [5.74, 6) is 0.624. The van der Waals surface area contributed by atoms with E-state index in [-0.39, 0.29) is 16.9 Å². The average Bonchev–Trinajstić information content (AvgIpc) is 2.22. The minimum atomic E-state index is -3.77. The molecule has 1 fully saturated rings. The first-order valence-electron chi connectivity index (χ1n) is 6.13. The van der Waals surface area contributed by atoms with Gasteiger partial charge in [0.15, 0.2) is 0 Å². The largest absolute Gasteiger partial charge is 0.489 e. The third kappa shape index (κ3) is 2.98. The molecule has 0 aromatic heterocycles. The van der Waals surface area contributed by atoms with E-state index in [1.54, 1.807) is 12.1 Å². The number of halogens is 1. The van der Waals surface area contributed by atoms with Crippen LogP contribution in [0.1, 0.15) is 44.6 Å². The molecule has 0 amide bonds. The highest BCUT2D eigenvalue weighted by Gasteiger charge is 2.24. The molecule has 18 heavy (non-hydrogen) atoms. The van der Waals surface area contributed by atoms with Crippen LogP contribution in [0.4, 0.5) is 0 Å². The molecule has 0 N–H and O–H groups in total. The van der Waals surface area contributed by atoms with Crippen LogP contribution in [-0.2, 0) is 9.05 Å². The monoisotopic (exact) mass is 288 g/mol. The van der Waals surface area contributed by atoms with Gasteiger partial charge in [-0.2, -0.15) is 0 Å². The van der Waals surface area contributed by atoms with Crippen molar-refractivity contribution in [2.24, 2.45) is 0 Å². The highest BCUT2D eigenvalue weighted by Crippen LogP contribution is 2.33. The summed E-state index contributed by atoms with van der Waals surface area (Å²) < 4.78 is 28.9. The second kappa shape index (κ2) is 5.10. The molecule has 1 aliphatic carbocycles. The maximum Gasteiger partial charge on any atom is 0.264 e. The van der Waals surface area contributed by atoms with Crippen molar-refractivity contribution < 1.29 is 13.2 Å². The maximum atomic E-state index is 11.6. The number of ether oxygens (including phenoxy) is 1. The Morgan fingerprint density at radius 3 is 2.44 bits per heavy atom. The van der Waals surface area contributed by atoms with E-state index in [1.165, 1.54) is 0 Å². The van der Waals surface area contributed by atoms with E-state index in [0.29, 0.717) is 5.75 Å². The first-order chi connectivity index (χ1) is 8.38. The molecule has 0 saturated heterocycles. The molecule has 5 heteroatoms. The predicted octanol–water partition coefficient (Wildman–Crippen LogP) is 3.67. The SMILES string of the molecule is CC(C)c1ccc(OC2CCC2)c(S(=O)(=O)Cl)c1. The lowest BCUT2D eigenvalue weighted by molar-refractivity contribution is 0.116. The lowest BCUT2D eigenvalue weighted by Crippen LogP contribution is -2.25. The van der Waals surface area contributed by atoms with Crippen LogP contribution in [0.5, 0.6) is 5.75 Å². The summed E-state index contributed by atoms with van der Waals surface area (Å²) in [7, 11) is 1.71. The summed E-state index contributed by atoms with van der Waals surface area (Å²) in [6, 6.07) is 5.22. The lowest BCUT2D eigenvalue weighted by Gasteiger charge is -2.27. The van der Waals surface area contributed by atoms with Crippen molar-refractivity contribution in [1.82, 2.24) is 0 Å². The minimum absolute atomic E-state index is 0.0854. The van der Waals surface area contributed by atoms with Gasteiger partial charge in [0.1, 0.15) is 10.6 Å². The van der Waals surface area contributed by atoms with Gasteiger partial charge < -0.3 is 4.74 Å². The van der Waals surface area contributed by atoms with Crippen molar-refractivity contribution >= 4 is 19.7 Å². The quantitative estimate of drug-likeness (QED) is 0.794. The van der Waals surface area contributed by atoms with Gasteiger partial charge in [0, 0.05) is 10.7 Å². The summed E-state index contributed by atoms with van der Waals surface area (Å²) in [5, 5.41) is 0. The summed E-state index contributed by atoms with van der Waals surface area (Å²) in [5.41, 5.74) is 0.940. The van der Waals surface area contributed by atoms with E-state index in [9.17, 15) is 8.42 Å². The van der Waals surface area contributed by atoms with Crippen molar-refractivity contribution in [3.05, 3.63) is 23.8 Å². The van der Waals surface area contributed by atoms with Crippen LogP contribution in [0.15, 0.2) is 23.1 Å². The van der Waals surface area contributed by atoms with E-state index in [1.807, 2.05) is 19.9 Å². The molecule has 0 unspecified atom stereocenters. The second-order valence-electron chi connectivity index (χ2n) is 4.97. The third-order valence-electron chi connectivity index (χ3n) is 3.24. The Kier molecular flexibility index (Phi) is 3.87. The summed E-state index contributed by atoms with van der Waals surface area (Å²) in [6.45, 7) is 4.01. The Balaban J connectivity index is 2.38. The van der Waals surface area contributed by atoms with Crippen LogP contribution >= 0.6 is 10.7 Å². The van der Waals surface area contributed by atoms with Crippen molar-refractivity contribution in [3.63, 3.8) is 0 Å². The van der Waals surface area contributed by atoms with Crippen LogP contribution in [0.25, 0.3) is 0 Å². The van der Waals surface area contributed by atoms with Crippen molar-refractivity contribution in [3.8, 4) is 5.75 Å². The zero-order chi connectivity index (χ0) is 13.3. The molecule has 0 atom stereocenters. The van der Waals surface area contributed by atoms with Crippen LogP contribution < -0.4 is 4.74 Å². The predicted molar refractivity (Wildman–Crippen MR) is 71.8 cm³/mol. The molecule has 0 bridgehead atoms. The molecule has 0 heterocycles. The van der Waals surface area contributed by atoms with E-state index in [4.69, 9.17) is 15.4 Å². The van der Waals surface area contributed by atoms with Crippen molar-refractivity contribution in [2.45, 2.75) is 50.0 Å². The lowest BCUT2D eigenvalue weighted by atomic mass is 9.96. The van der Waals surface area contributed by atoms with E-state index >= 15 is 0 Å². The Labute approximate surface area is 113 Å². The molecule has 3 nitrogen and oxygen atoms in total. The molecule has 1 aliphatic rings. The van der Waals surface area contributed by atoms with Gasteiger partial charge in [-0.3, -0.25) is 0 Å². The minimum Gasteiger partial charge on any atom is -0.489 e. The standard InChI is InChI=1S/C13H17ClO3S/c1-9(2)10-6-7-12(17-11-4-3-5-11)13(8-10)18(14,15)16/h6-9,11H,3-5H2,1-2H3. The highest BCUT2D eigenvalue weighted by molar-refractivity contribution is 8.13. The molecule has 100 valence electrons. The van der Waals surface area contributed by atoms with Gasteiger partial charge >= 0.3 is 0 Å². The molecule has 0 aliphatic heterocycles. The van der Waals surface area contributed by atoms with Gasteiger partial charge in [-0.1, -0.05) is 19.9 Å². The Morgan fingerprint density at radius 1 is 1.33 bits per heavy atom. The zero-order valence-corrected chi connectivity index (χ0v) is 12.1. The Hall–Kier alpha value is -0.740. The molecule has 2 rings (SSSR count). The first kappa shape index (κ1) is 13.7. The van der Waals surface area contributed by atoms with Gasteiger partial charge in [-0.25, -0.2) is 8.42 Å². The van der Waals surface area contributed by atoms with Gasteiger partial charge in [0.25, 0.3) is 9.05 Å². The molecule has 0 spiro atoms. The fourth-order valence-electron chi connectivity index (χ4n) is 1.84. The number of benzene rings is 1. The molecule has 1 aromatic rings. The fraction of sp³-hybridized carbons (Fsp3) is 0.538. The topological polar surface area (TPSA) is 43.4 Å². The number of hydrogen-bond donors (Lipinski definition) is 0. The van der Waals surface area contributed by atoms with E-state index in [2.05, 4.69) is 0 Å². The van der Waals surface area contributed by atoms with Gasteiger partial charge in [0.2, 0.25) is 0 Å². The summed E-state index contributed by atoms with van der Waals surface area (Å²) >= 11 is 0. The van der Waals surface area contributed by atoms with Gasteiger partial charge in [-0.15, -0.1) is 0 Å².